The van der Waals surface area contributed by atoms with Crippen LogP contribution >= 0.6 is 15.9 Å². The van der Waals surface area contributed by atoms with Gasteiger partial charge in [0.25, 0.3) is 0 Å². The van der Waals surface area contributed by atoms with E-state index in [0.29, 0.717) is 10.0 Å². The van der Waals surface area contributed by atoms with Crippen LogP contribution < -0.4 is 10.5 Å². The van der Waals surface area contributed by atoms with Crippen molar-refractivity contribution in [3.63, 3.8) is 0 Å². The molecule has 100 valence electrons. The van der Waals surface area contributed by atoms with Crippen molar-refractivity contribution in [2.75, 3.05) is 12.3 Å². The highest BCUT2D eigenvalue weighted by Gasteiger charge is 2.14. The summed E-state index contributed by atoms with van der Waals surface area (Å²) in [5.41, 5.74) is 6.27. The van der Waals surface area contributed by atoms with Gasteiger partial charge in [0, 0.05) is 16.2 Å². The van der Waals surface area contributed by atoms with Crippen LogP contribution in [0.25, 0.3) is 0 Å². The summed E-state index contributed by atoms with van der Waals surface area (Å²) >= 11 is 3.18. The van der Waals surface area contributed by atoms with E-state index in [1.165, 1.54) is 12.1 Å². The second kappa shape index (κ2) is 6.53. The predicted molar refractivity (Wildman–Crippen MR) is 65.5 cm³/mol. The first-order valence-corrected chi connectivity index (χ1v) is 5.91. The van der Waals surface area contributed by atoms with Crippen LogP contribution in [-0.2, 0) is 16.0 Å². The van der Waals surface area contributed by atoms with Crippen molar-refractivity contribution in [2.45, 2.75) is 20.0 Å². The minimum Gasteiger partial charge on any atom is -0.466 e. The van der Waals surface area contributed by atoms with Gasteiger partial charge in [0.2, 0.25) is 0 Å². The number of nitrogens with two attached hydrogens (primary N) is 1. The number of hydrogen-bond donors (Lipinski definition) is 1. The third kappa shape index (κ3) is 4.14. The van der Waals surface area contributed by atoms with Crippen molar-refractivity contribution in [2.24, 2.45) is 0 Å². The molecule has 0 aromatic heterocycles. The van der Waals surface area contributed by atoms with E-state index in [1.54, 1.807) is 6.92 Å². The Morgan fingerprint density at radius 1 is 1.50 bits per heavy atom. The predicted octanol–water partition coefficient (Wildman–Crippen LogP) is 2.74. The Balaban J connectivity index is 2.95. The third-order valence-electron chi connectivity index (χ3n) is 2.01. The molecule has 0 aliphatic heterocycles. The van der Waals surface area contributed by atoms with Gasteiger partial charge < -0.3 is 15.2 Å². The zero-order valence-corrected chi connectivity index (χ0v) is 11.2. The molecule has 0 unspecified atom stereocenters. The number of ether oxygens (including phenoxy) is 2. The Morgan fingerprint density at radius 2 is 2.17 bits per heavy atom. The lowest BCUT2D eigenvalue weighted by Crippen LogP contribution is -2.09. The molecule has 2 N–H and O–H groups in total. The lowest BCUT2D eigenvalue weighted by atomic mass is 10.1. The van der Waals surface area contributed by atoms with E-state index in [4.69, 9.17) is 10.5 Å². The molecule has 0 bridgehead atoms. The number of anilines is 1. The molecule has 0 atom stereocenters. The lowest BCUT2D eigenvalue weighted by Gasteiger charge is -2.11. The summed E-state index contributed by atoms with van der Waals surface area (Å²) < 4.78 is 33.7. The zero-order chi connectivity index (χ0) is 13.7. The van der Waals surface area contributed by atoms with E-state index >= 15 is 0 Å². The van der Waals surface area contributed by atoms with Crippen molar-refractivity contribution in [3.8, 4) is 5.75 Å². The van der Waals surface area contributed by atoms with Crippen LogP contribution in [0.3, 0.4) is 0 Å². The molecular formula is C11H12BrF2NO3. The molecule has 4 nitrogen and oxygen atoms in total. The number of carbonyl (C=O) groups excluding carboxylic acids is 1. The number of nitrogen functional groups attached to an aromatic ring is 1. The Hall–Kier alpha value is -1.37. The number of hydrogen-bond acceptors (Lipinski definition) is 4. The van der Waals surface area contributed by atoms with Crippen molar-refractivity contribution in [3.05, 3.63) is 22.2 Å². The van der Waals surface area contributed by atoms with E-state index in [-0.39, 0.29) is 24.5 Å². The summed E-state index contributed by atoms with van der Waals surface area (Å²) in [5, 5.41) is 0. The Bertz CT molecular complexity index is 441. The van der Waals surface area contributed by atoms with Gasteiger partial charge in [-0.1, -0.05) is 0 Å². The first kappa shape index (κ1) is 14.7. The summed E-state index contributed by atoms with van der Waals surface area (Å²) in [6, 6.07) is 2.58. The summed E-state index contributed by atoms with van der Waals surface area (Å²) in [6.07, 6.45) is -0.0704. The number of esters is 1. The SMILES string of the molecule is CCOC(=O)Cc1cc(OC(F)F)cc(N)c1Br. The van der Waals surface area contributed by atoms with Crippen LogP contribution in [-0.4, -0.2) is 19.2 Å². The zero-order valence-electron chi connectivity index (χ0n) is 9.58. The maximum absolute atomic E-state index is 12.1. The van der Waals surface area contributed by atoms with E-state index in [2.05, 4.69) is 20.7 Å². The first-order chi connectivity index (χ1) is 8.43. The first-order valence-electron chi connectivity index (χ1n) is 5.12. The molecule has 0 saturated heterocycles. The maximum atomic E-state index is 12.1. The van der Waals surface area contributed by atoms with Crippen LogP contribution in [0.1, 0.15) is 12.5 Å². The molecule has 1 rings (SSSR count). The highest BCUT2D eigenvalue weighted by atomic mass is 79.9. The number of carbonyl (C=O) groups is 1. The number of benzene rings is 1. The van der Waals surface area contributed by atoms with Gasteiger partial charge in [0.15, 0.2) is 0 Å². The van der Waals surface area contributed by atoms with E-state index in [1.807, 2.05) is 0 Å². The molecule has 0 amide bonds. The standard InChI is InChI=1S/C11H12BrF2NO3/c1-2-17-9(16)4-6-3-7(18-11(13)14)5-8(15)10(6)12/h3,5,11H,2,4,15H2,1H3. The Labute approximate surface area is 111 Å². The highest BCUT2D eigenvalue weighted by molar-refractivity contribution is 9.10. The second-order valence-electron chi connectivity index (χ2n) is 3.35. The molecule has 0 heterocycles. The monoisotopic (exact) mass is 323 g/mol. The summed E-state index contributed by atoms with van der Waals surface area (Å²) in [6.45, 7) is -1.02. The topological polar surface area (TPSA) is 61.5 Å². The van der Waals surface area contributed by atoms with Crippen molar-refractivity contribution in [1.29, 1.82) is 0 Å². The Morgan fingerprint density at radius 3 is 2.72 bits per heavy atom. The molecule has 0 radical (unpaired) electrons. The molecule has 0 fully saturated rings. The van der Waals surface area contributed by atoms with Gasteiger partial charge in [-0.25, -0.2) is 0 Å². The number of alkyl halides is 2. The van der Waals surface area contributed by atoms with E-state index in [0.717, 1.165) is 0 Å². The molecule has 18 heavy (non-hydrogen) atoms. The van der Waals surface area contributed by atoms with Gasteiger partial charge in [-0.05, 0) is 34.5 Å². The summed E-state index contributed by atoms with van der Waals surface area (Å²) in [4.78, 5) is 11.3. The molecular weight excluding hydrogens is 312 g/mol. The maximum Gasteiger partial charge on any atom is 0.387 e. The largest absolute Gasteiger partial charge is 0.466 e. The van der Waals surface area contributed by atoms with Crippen LogP contribution in [0, 0.1) is 0 Å². The van der Waals surface area contributed by atoms with Crippen LogP contribution in [0.5, 0.6) is 5.75 Å². The van der Waals surface area contributed by atoms with E-state index < -0.39 is 12.6 Å². The van der Waals surface area contributed by atoms with Gasteiger partial charge in [0.05, 0.1) is 13.0 Å². The van der Waals surface area contributed by atoms with Crippen molar-refractivity contribution in [1.82, 2.24) is 0 Å². The van der Waals surface area contributed by atoms with Crippen LogP contribution in [0.15, 0.2) is 16.6 Å². The summed E-state index contributed by atoms with van der Waals surface area (Å²) in [5.74, 6) is -0.559. The minimum absolute atomic E-state index is 0.0704. The lowest BCUT2D eigenvalue weighted by molar-refractivity contribution is -0.142. The number of halogens is 3. The molecule has 0 spiro atoms. The van der Waals surface area contributed by atoms with Gasteiger partial charge in [-0.2, -0.15) is 8.78 Å². The van der Waals surface area contributed by atoms with Gasteiger partial charge >= 0.3 is 12.6 Å². The average molecular weight is 324 g/mol. The number of rotatable bonds is 5. The fraction of sp³-hybridized carbons (Fsp3) is 0.364. The fourth-order valence-corrected chi connectivity index (χ4v) is 1.71. The second-order valence-corrected chi connectivity index (χ2v) is 4.14. The Kier molecular flexibility index (Phi) is 5.33. The average Bonchev–Trinajstić information content (AvgIpc) is 2.24. The smallest absolute Gasteiger partial charge is 0.387 e. The van der Waals surface area contributed by atoms with Gasteiger partial charge in [-0.15, -0.1) is 0 Å². The van der Waals surface area contributed by atoms with Crippen molar-refractivity contribution < 1.29 is 23.0 Å². The van der Waals surface area contributed by atoms with Crippen LogP contribution in [0.4, 0.5) is 14.5 Å². The third-order valence-corrected chi connectivity index (χ3v) is 2.98. The highest BCUT2D eigenvalue weighted by Crippen LogP contribution is 2.30. The van der Waals surface area contributed by atoms with Gasteiger partial charge in [-0.3, -0.25) is 4.79 Å². The van der Waals surface area contributed by atoms with E-state index in [9.17, 15) is 13.6 Å². The van der Waals surface area contributed by atoms with Crippen molar-refractivity contribution >= 4 is 27.6 Å². The fourth-order valence-electron chi connectivity index (χ4n) is 1.35. The molecule has 1 aromatic rings. The molecule has 0 aliphatic carbocycles. The minimum atomic E-state index is -2.94. The molecule has 1 aromatic carbocycles. The summed E-state index contributed by atoms with van der Waals surface area (Å²) in [7, 11) is 0. The van der Waals surface area contributed by atoms with Crippen LogP contribution in [0.2, 0.25) is 0 Å². The van der Waals surface area contributed by atoms with Gasteiger partial charge in [0.1, 0.15) is 5.75 Å². The quantitative estimate of drug-likeness (QED) is 0.668. The normalized spacial score (nSPS) is 10.5. The molecule has 0 aliphatic rings. The molecule has 0 saturated carbocycles. The molecule has 7 heteroatoms.